The number of rotatable bonds is 11. The molecule has 21 heavy (non-hydrogen) atoms. The van der Waals surface area contributed by atoms with Gasteiger partial charge in [-0.1, -0.05) is 13.8 Å². The fourth-order valence-corrected chi connectivity index (χ4v) is 3.47. The van der Waals surface area contributed by atoms with E-state index < -0.39 is 0 Å². The minimum Gasteiger partial charge on any atom is -0.348 e. The van der Waals surface area contributed by atoms with E-state index in [1.165, 1.54) is 28.5 Å². The van der Waals surface area contributed by atoms with Gasteiger partial charge >= 0.3 is 0 Å². The summed E-state index contributed by atoms with van der Waals surface area (Å²) in [5.41, 5.74) is 1.27. The van der Waals surface area contributed by atoms with Gasteiger partial charge in [-0.3, -0.25) is 0 Å². The van der Waals surface area contributed by atoms with E-state index in [0.29, 0.717) is 0 Å². The van der Waals surface area contributed by atoms with Crippen LogP contribution in [-0.2, 0) is 13.0 Å². The van der Waals surface area contributed by atoms with Crippen LogP contribution in [0.3, 0.4) is 0 Å². The maximum atomic E-state index is 4.87. The Morgan fingerprint density at radius 1 is 1.14 bits per heavy atom. The first-order valence-corrected chi connectivity index (χ1v) is 9.02. The lowest BCUT2D eigenvalue weighted by Crippen LogP contribution is -2.26. The molecule has 0 spiro atoms. The lowest BCUT2D eigenvalue weighted by Gasteiger charge is -2.20. The van der Waals surface area contributed by atoms with Gasteiger partial charge in [0.2, 0.25) is 0 Å². The van der Waals surface area contributed by atoms with Gasteiger partial charge in [0.1, 0.15) is 0 Å². The highest BCUT2D eigenvalue weighted by Gasteiger charge is 2.14. The van der Waals surface area contributed by atoms with Crippen molar-refractivity contribution in [1.82, 2.24) is 15.2 Å². The van der Waals surface area contributed by atoms with Crippen LogP contribution in [0.2, 0.25) is 0 Å². The molecule has 1 rings (SSSR count). The van der Waals surface area contributed by atoms with Crippen molar-refractivity contribution in [3.8, 4) is 0 Å². The molecule has 0 saturated carbocycles. The Balaban J connectivity index is 2.66. The zero-order valence-electron chi connectivity index (χ0n) is 14.4. The minimum absolute atomic E-state index is 0.962. The molecule has 0 fully saturated rings. The third-order valence-corrected chi connectivity index (χ3v) is 4.66. The van der Waals surface area contributed by atoms with Crippen molar-refractivity contribution in [3.63, 3.8) is 0 Å². The van der Waals surface area contributed by atoms with E-state index in [9.17, 15) is 0 Å². The molecule has 1 aromatic rings. The molecule has 0 bridgehead atoms. The first-order chi connectivity index (χ1) is 10.1. The van der Waals surface area contributed by atoms with Crippen LogP contribution >= 0.6 is 11.3 Å². The molecule has 0 radical (unpaired) electrons. The summed E-state index contributed by atoms with van der Waals surface area (Å²) in [4.78, 5) is 10.9. The van der Waals surface area contributed by atoms with Crippen LogP contribution in [0.4, 0.5) is 5.13 Å². The number of aryl methyl sites for hydroxylation is 1. The number of nitrogens with zero attached hydrogens (tertiary/aromatic N) is 3. The van der Waals surface area contributed by atoms with Crippen LogP contribution in [0.25, 0.3) is 0 Å². The van der Waals surface area contributed by atoms with E-state index in [0.717, 1.165) is 39.1 Å². The topological polar surface area (TPSA) is 31.4 Å². The normalized spacial score (nSPS) is 11.3. The second kappa shape index (κ2) is 10.1. The lowest BCUT2D eigenvalue weighted by molar-refractivity contribution is 0.400. The van der Waals surface area contributed by atoms with Gasteiger partial charge in [0.05, 0.1) is 5.69 Å². The maximum absolute atomic E-state index is 4.87. The van der Waals surface area contributed by atoms with E-state index in [4.69, 9.17) is 4.98 Å². The minimum atomic E-state index is 0.962. The highest BCUT2D eigenvalue weighted by molar-refractivity contribution is 7.15. The van der Waals surface area contributed by atoms with Crippen LogP contribution in [0.5, 0.6) is 0 Å². The largest absolute Gasteiger partial charge is 0.348 e. The monoisotopic (exact) mass is 312 g/mol. The van der Waals surface area contributed by atoms with Crippen molar-refractivity contribution in [2.24, 2.45) is 0 Å². The average molecular weight is 313 g/mol. The molecule has 0 atom stereocenters. The molecule has 0 aromatic carbocycles. The number of thiazole rings is 1. The summed E-state index contributed by atoms with van der Waals surface area (Å²) in [7, 11) is 4.26. The summed E-state index contributed by atoms with van der Waals surface area (Å²) in [6.45, 7) is 11.9. The summed E-state index contributed by atoms with van der Waals surface area (Å²) < 4.78 is 0. The summed E-state index contributed by atoms with van der Waals surface area (Å²) in [6.07, 6.45) is 3.39. The fraction of sp³-hybridized carbons (Fsp3) is 0.812. The Morgan fingerprint density at radius 3 is 2.48 bits per heavy atom. The Hall–Kier alpha value is -0.650. The lowest BCUT2D eigenvalue weighted by atomic mass is 10.3. The first-order valence-electron chi connectivity index (χ1n) is 8.21. The van der Waals surface area contributed by atoms with E-state index >= 15 is 0 Å². The Labute approximate surface area is 134 Å². The van der Waals surface area contributed by atoms with Gasteiger partial charge < -0.3 is 15.1 Å². The van der Waals surface area contributed by atoms with Gasteiger partial charge in [-0.25, -0.2) is 4.98 Å². The maximum Gasteiger partial charge on any atom is 0.185 e. The highest BCUT2D eigenvalue weighted by atomic mass is 32.1. The van der Waals surface area contributed by atoms with Crippen molar-refractivity contribution in [3.05, 3.63) is 10.6 Å². The summed E-state index contributed by atoms with van der Waals surface area (Å²) in [5, 5.41) is 4.70. The molecule has 0 aliphatic heterocycles. The van der Waals surface area contributed by atoms with Crippen molar-refractivity contribution in [1.29, 1.82) is 0 Å². The summed E-state index contributed by atoms with van der Waals surface area (Å²) in [5.74, 6) is 0. The van der Waals surface area contributed by atoms with Crippen molar-refractivity contribution in [2.75, 3.05) is 45.2 Å². The van der Waals surface area contributed by atoms with E-state index in [-0.39, 0.29) is 0 Å². The van der Waals surface area contributed by atoms with Crippen LogP contribution in [0.1, 0.15) is 44.2 Å². The van der Waals surface area contributed by atoms with Crippen molar-refractivity contribution in [2.45, 2.75) is 46.6 Å². The predicted molar refractivity (Wildman–Crippen MR) is 94.5 cm³/mol. The molecule has 0 aliphatic carbocycles. The van der Waals surface area contributed by atoms with Crippen LogP contribution in [0.15, 0.2) is 0 Å². The van der Waals surface area contributed by atoms with Gasteiger partial charge in [0.25, 0.3) is 0 Å². The van der Waals surface area contributed by atoms with Crippen molar-refractivity contribution >= 4 is 16.5 Å². The predicted octanol–water partition coefficient (Wildman–Crippen LogP) is 2.98. The molecule has 5 heteroatoms. The zero-order chi connectivity index (χ0) is 15.7. The molecule has 0 unspecified atom stereocenters. The second-order valence-electron chi connectivity index (χ2n) is 5.63. The molecule has 122 valence electrons. The molecular formula is C16H32N4S. The number of aromatic nitrogens is 1. The van der Waals surface area contributed by atoms with Crippen LogP contribution in [0, 0.1) is 0 Å². The molecule has 1 N–H and O–H groups in total. The van der Waals surface area contributed by atoms with Crippen molar-refractivity contribution < 1.29 is 0 Å². The first kappa shape index (κ1) is 18.4. The van der Waals surface area contributed by atoms with Gasteiger partial charge in [0.15, 0.2) is 5.13 Å². The molecule has 0 amide bonds. The van der Waals surface area contributed by atoms with Gasteiger partial charge in [-0.2, -0.15) is 0 Å². The SMILES string of the molecule is CCCNCc1sc(N(CC)CCCN(C)C)nc1CC. The Bertz CT molecular complexity index is 390. The molecule has 1 aromatic heterocycles. The van der Waals surface area contributed by atoms with E-state index in [1.54, 1.807) is 0 Å². The van der Waals surface area contributed by atoms with E-state index in [1.807, 2.05) is 11.3 Å². The van der Waals surface area contributed by atoms with Gasteiger partial charge in [-0.05, 0) is 53.4 Å². The smallest absolute Gasteiger partial charge is 0.185 e. The Morgan fingerprint density at radius 2 is 1.90 bits per heavy atom. The molecule has 0 saturated heterocycles. The second-order valence-corrected chi connectivity index (χ2v) is 6.70. The number of hydrogen-bond acceptors (Lipinski definition) is 5. The van der Waals surface area contributed by atoms with Gasteiger partial charge in [-0.15, -0.1) is 11.3 Å². The third kappa shape index (κ3) is 6.32. The van der Waals surface area contributed by atoms with Gasteiger partial charge in [0, 0.05) is 24.5 Å². The van der Waals surface area contributed by atoms with Crippen LogP contribution < -0.4 is 10.2 Å². The standard InChI is InChI=1S/C16H32N4S/c1-6-10-17-13-15-14(7-2)18-16(21-15)20(8-3)12-9-11-19(4)5/h17H,6-13H2,1-5H3. The quantitative estimate of drug-likeness (QED) is 0.637. The summed E-state index contributed by atoms with van der Waals surface area (Å²) >= 11 is 1.86. The third-order valence-electron chi connectivity index (χ3n) is 3.50. The molecule has 0 aliphatic rings. The summed E-state index contributed by atoms with van der Waals surface area (Å²) in [6, 6.07) is 0. The van der Waals surface area contributed by atoms with E-state index in [2.05, 4.69) is 50.0 Å². The van der Waals surface area contributed by atoms with Crippen LogP contribution in [-0.4, -0.2) is 50.2 Å². The average Bonchev–Trinajstić information content (AvgIpc) is 2.86. The molecule has 4 nitrogen and oxygen atoms in total. The number of hydrogen-bond donors (Lipinski definition) is 1. The zero-order valence-corrected chi connectivity index (χ0v) is 15.2. The molecular weight excluding hydrogens is 280 g/mol. The highest BCUT2D eigenvalue weighted by Crippen LogP contribution is 2.27. The Kier molecular flexibility index (Phi) is 8.88. The number of anilines is 1. The molecule has 1 heterocycles. The fourth-order valence-electron chi connectivity index (χ4n) is 2.26. The number of nitrogens with one attached hydrogen (secondary N) is 1.